The van der Waals surface area contributed by atoms with Crippen LogP contribution < -0.4 is 9.64 Å². The summed E-state index contributed by atoms with van der Waals surface area (Å²) in [5.74, 6) is 1.22. The van der Waals surface area contributed by atoms with Gasteiger partial charge in [-0.3, -0.25) is 4.79 Å². The van der Waals surface area contributed by atoms with Crippen molar-refractivity contribution >= 4 is 11.6 Å². The lowest BCUT2D eigenvalue weighted by atomic mass is 9.78. The Kier molecular flexibility index (Phi) is 4.82. The van der Waals surface area contributed by atoms with Crippen molar-refractivity contribution in [2.75, 3.05) is 31.6 Å². The summed E-state index contributed by atoms with van der Waals surface area (Å²) in [5, 5.41) is 9.76. The number of piperidine rings is 1. The van der Waals surface area contributed by atoms with Crippen molar-refractivity contribution in [3.63, 3.8) is 0 Å². The predicted octanol–water partition coefficient (Wildman–Crippen LogP) is 2.82. The molecule has 0 bridgehead atoms. The average Bonchev–Trinajstić information content (AvgIpc) is 2.98. The number of nitrogens with zero attached hydrogens (tertiary/aromatic N) is 2. The standard InChI is InChI=1S/C21H30N2O3/c1-26-19-9-5-16(6-10-19)22-13-2-11-21(15-22)12-14-23(20(21)25)17-3-7-18(24)8-4-17/h5-6,9-10,17-18,24H,2-4,7-8,11-15H2,1H3/t17-,18-,21?. The van der Waals surface area contributed by atoms with E-state index in [4.69, 9.17) is 4.74 Å². The summed E-state index contributed by atoms with van der Waals surface area (Å²) < 4.78 is 5.26. The fourth-order valence-corrected chi connectivity index (χ4v) is 5.09. The molecule has 142 valence electrons. The number of carbonyl (C=O) groups is 1. The number of methoxy groups -OCH3 is 1. The zero-order valence-electron chi connectivity index (χ0n) is 15.7. The van der Waals surface area contributed by atoms with E-state index in [-0.39, 0.29) is 11.5 Å². The summed E-state index contributed by atoms with van der Waals surface area (Å²) in [4.78, 5) is 17.9. The maximum atomic E-state index is 13.4. The molecule has 2 aliphatic heterocycles. The number of aliphatic hydroxyl groups is 1. The molecule has 0 radical (unpaired) electrons. The summed E-state index contributed by atoms with van der Waals surface area (Å²) in [6.45, 7) is 2.72. The normalized spacial score (nSPS) is 32.3. The molecule has 4 rings (SSSR count). The average molecular weight is 358 g/mol. The number of aliphatic hydroxyl groups excluding tert-OH is 1. The molecule has 2 saturated heterocycles. The van der Waals surface area contributed by atoms with E-state index in [1.165, 1.54) is 5.69 Å². The first-order valence-corrected chi connectivity index (χ1v) is 9.99. The molecule has 1 aliphatic carbocycles. The van der Waals surface area contributed by atoms with Gasteiger partial charge in [-0.05, 0) is 69.2 Å². The number of hydrogen-bond acceptors (Lipinski definition) is 4. The molecule has 1 N–H and O–H groups in total. The lowest BCUT2D eigenvalue weighted by molar-refractivity contribution is -0.139. The highest BCUT2D eigenvalue weighted by Gasteiger charge is 2.50. The van der Waals surface area contributed by atoms with Crippen LogP contribution in [0.3, 0.4) is 0 Å². The Hall–Kier alpha value is -1.75. The van der Waals surface area contributed by atoms with Crippen LogP contribution in [0.25, 0.3) is 0 Å². The minimum atomic E-state index is -0.214. The Bertz CT molecular complexity index is 639. The lowest BCUT2D eigenvalue weighted by Gasteiger charge is -2.41. The van der Waals surface area contributed by atoms with Crippen molar-refractivity contribution in [1.29, 1.82) is 0 Å². The fraction of sp³-hybridized carbons (Fsp3) is 0.667. The molecule has 3 fully saturated rings. The third kappa shape index (κ3) is 3.18. The number of rotatable bonds is 3. The zero-order valence-corrected chi connectivity index (χ0v) is 15.7. The number of ether oxygens (including phenoxy) is 1. The summed E-state index contributed by atoms with van der Waals surface area (Å²) in [5.41, 5.74) is 0.964. The van der Waals surface area contributed by atoms with Crippen molar-refractivity contribution in [2.45, 2.75) is 57.1 Å². The number of likely N-dealkylation sites (tertiary alicyclic amines) is 1. The molecule has 1 saturated carbocycles. The molecule has 1 aromatic rings. The molecular formula is C21H30N2O3. The van der Waals surface area contributed by atoms with Gasteiger partial charge in [-0.2, -0.15) is 0 Å². The van der Waals surface area contributed by atoms with Crippen molar-refractivity contribution in [1.82, 2.24) is 4.90 Å². The lowest BCUT2D eigenvalue weighted by Crippen LogP contribution is -2.50. The first-order chi connectivity index (χ1) is 12.6. The number of anilines is 1. The smallest absolute Gasteiger partial charge is 0.230 e. The highest BCUT2D eigenvalue weighted by Crippen LogP contribution is 2.43. The van der Waals surface area contributed by atoms with Crippen molar-refractivity contribution in [3.8, 4) is 5.75 Å². The van der Waals surface area contributed by atoms with Crippen LogP contribution in [0.2, 0.25) is 0 Å². The molecular weight excluding hydrogens is 328 g/mol. The van der Waals surface area contributed by atoms with Gasteiger partial charge in [-0.15, -0.1) is 0 Å². The summed E-state index contributed by atoms with van der Waals surface area (Å²) in [7, 11) is 1.68. The summed E-state index contributed by atoms with van der Waals surface area (Å²) in [6, 6.07) is 8.51. The van der Waals surface area contributed by atoms with Crippen molar-refractivity contribution in [3.05, 3.63) is 24.3 Å². The second kappa shape index (κ2) is 7.10. The van der Waals surface area contributed by atoms with Gasteiger partial charge < -0.3 is 19.6 Å². The third-order valence-corrected chi connectivity index (χ3v) is 6.67. The largest absolute Gasteiger partial charge is 0.497 e. The van der Waals surface area contributed by atoms with Gasteiger partial charge in [-0.1, -0.05) is 0 Å². The molecule has 1 amide bonds. The Morgan fingerprint density at radius 2 is 1.81 bits per heavy atom. The zero-order chi connectivity index (χ0) is 18.1. The van der Waals surface area contributed by atoms with E-state index in [1.54, 1.807) is 7.11 Å². The predicted molar refractivity (Wildman–Crippen MR) is 101 cm³/mol. The van der Waals surface area contributed by atoms with Gasteiger partial charge in [0.2, 0.25) is 5.91 Å². The van der Waals surface area contributed by atoms with Gasteiger partial charge in [0, 0.05) is 31.4 Å². The van der Waals surface area contributed by atoms with E-state index >= 15 is 0 Å². The Labute approximate surface area is 155 Å². The van der Waals surface area contributed by atoms with Crippen LogP contribution in [0, 0.1) is 5.41 Å². The van der Waals surface area contributed by atoms with Crippen LogP contribution in [0.1, 0.15) is 44.9 Å². The quantitative estimate of drug-likeness (QED) is 0.903. The monoisotopic (exact) mass is 358 g/mol. The highest BCUT2D eigenvalue weighted by atomic mass is 16.5. The molecule has 1 atom stereocenters. The SMILES string of the molecule is COc1ccc(N2CCCC3(CCN([C@H]4CC[C@H](O)CC4)C3=O)C2)cc1. The van der Waals surface area contributed by atoms with Crippen LogP contribution in [0.15, 0.2) is 24.3 Å². The minimum Gasteiger partial charge on any atom is -0.497 e. The first kappa shape index (κ1) is 17.7. The van der Waals surface area contributed by atoms with Crippen molar-refractivity contribution in [2.24, 2.45) is 5.41 Å². The Morgan fingerprint density at radius 1 is 1.08 bits per heavy atom. The molecule has 2 heterocycles. The van der Waals surface area contributed by atoms with Gasteiger partial charge in [0.25, 0.3) is 0 Å². The first-order valence-electron chi connectivity index (χ1n) is 9.99. The molecule has 3 aliphatic rings. The van der Waals surface area contributed by atoms with E-state index in [0.717, 1.165) is 70.3 Å². The highest BCUT2D eigenvalue weighted by molar-refractivity contribution is 5.86. The molecule has 1 spiro atoms. The van der Waals surface area contributed by atoms with Gasteiger partial charge in [0.15, 0.2) is 0 Å². The second-order valence-electron chi connectivity index (χ2n) is 8.21. The van der Waals surface area contributed by atoms with Crippen LogP contribution in [-0.2, 0) is 4.79 Å². The molecule has 1 aromatic carbocycles. The van der Waals surface area contributed by atoms with E-state index in [9.17, 15) is 9.90 Å². The van der Waals surface area contributed by atoms with Gasteiger partial charge >= 0.3 is 0 Å². The van der Waals surface area contributed by atoms with E-state index < -0.39 is 0 Å². The Balaban J connectivity index is 1.46. The van der Waals surface area contributed by atoms with E-state index in [2.05, 4.69) is 21.9 Å². The summed E-state index contributed by atoms with van der Waals surface area (Å²) >= 11 is 0. The van der Waals surface area contributed by atoms with Crippen LogP contribution in [0.5, 0.6) is 5.75 Å². The fourth-order valence-electron chi connectivity index (χ4n) is 5.09. The summed E-state index contributed by atoms with van der Waals surface area (Å²) in [6.07, 6.45) is 6.43. The Morgan fingerprint density at radius 3 is 2.50 bits per heavy atom. The van der Waals surface area contributed by atoms with E-state index in [0.29, 0.717) is 11.9 Å². The third-order valence-electron chi connectivity index (χ3n) is 6.67. The van der Waals surface area contributed by atoms with Crippen LogP contribution in [0.4, 0.5) is 5.69 Å². The van der Waals surface area contributed by atoms with Crippen molar-refractivity contribution < 1.29 is 14.6 Å². The molecule has 5 heteroatoms. The second-order valence-corrected chi connectivity index (χ2v) is 8.21. The van der Waals surface area contributed by atoms with Gasteiger partial charge in [0.05, 0.1) is 18.6 Å². The van der Waals surface area contributed by atoms with Crippen LogP contribution >= 0.6 is 0 Å². The van der Waals surface area contributed by atoms with Gasteiger partial charge in [-0.25, -0.2) is 0 Å². The van der Waals surface area contributed by atoms with Crippen LogP contribution in [-0.4, -0.2) is 54.8 Å². The maximum absolute atomic E-state index is 13.4. The number of amides is 1. The maximum Gasteiger partial charge on any atom is 0.230 e. The van der Waals surface area contributed by atoms with E-state index in [1.807, 2.05) is 12.1 Å². The minimum absolute atomic E-state index is 0.168. The molecule has 1 unspecified atom stereocenters. The van der Waals surface area contributed by atoms with Gasteiger partial charge in [0.1, 0.15) is 5.75 Å². The topological polar surface area (TPSA) is 53.0 Å². The number of carbonyl (C=O) groups excluding carboxylic acids is 1. The number of hydrogen-bond donors (Lipinski definition) is 1. The molecule has 5 nitrogen and oxygen atoms in total. The molecule has 26 heavy (non-hydrogen) atoms. The number of benzene rings is 1. The molecule has 0 aromatic heterocycles.